The predicted octanol–water partition coefficient (Wildman–Crippen LogP) is 3.99. The van der Waals surface area contributed by atoms with Crippen molar-refractivity contribution in [2.24, 2.45) is 0 Å². The highest BCUT2D eigenvalue weighted by molar-refractivity contribution is 7.19. The molecule has 5 heteroatoms. The molecule has 0 atom stereocenters. The van der Waals surface area contributed by atoms with Crippen LogP contribution >= 0.6 is 22.9 Å². The molecule has 0 fully saturated rings. The minimum atomic E-state index is 0.678. The second kappa shape index (κ2) is 5.47. The van der Waals surface area contributed by atoms with Crippen molar-refractivity contribution >= 4 is 28.9 Å². The SMILES string of the molecule is CCCNc1ncc(C)c(-c2ccc(Cl)s2)n1. The van der Waals surface area contributed by atoms with Gasteiger partial charge in [0.15, 0.2) is 0 Å². The second-order valence-electron chi connectivity index (χ2n) is 3.76. The Hall–Kier alpha value is -1.13. The molecular weight excluding hydrogens is 254 g/mol. The summed E-state index contributed by atoms with van der Waals surface area (Å²) in [5, 5.41) is 3.19. The number of aryl methyl sites for hydroxylation is 1. The summed E-state index contributed by atoms with van der Waals surface area (Å²) in [7, 11) is 0. The van der Waals surface area contributed by atoms with E-state index in [0.717, 1.165) is 33.4 Å². The van der Waals surface area contributed by atoms with Crippen LogP contribution in [0, 0.1) is 6.92 Å². The van der Waals surface area contributed by atoms with Crippen LogP contribution in [0.3, 0.4) is 0 Å². The van der Waals surface area contributed by atoms with Crippen LogP contribution in [0.15, 0.2) is 18.3 Å². The van der Waals surface area contributed by atoms with E-state index in [4.69, 9.17) is 11.6 Å². The van der Waals surface area contributed by atoms with E-state index in [2.05, 4.69) is 22.2 Å². The van der Waals surface area contributed by atoms with Gasteiger partial charge in [-0.15, -0.1) is 11.3 Å². The number of hydrogen-bond acceptors (Lipinski definition) is 4. The third-order valence-corrected chi connectivity index (χ3v) is 3.55. The minimum absolute atomic E-state index is 0.678. The molecule has 0 bridgehead atoms. The quantitative estimate of drug-likeness (QED) is 0.910. The lowest BCUT2D eigenvalue weighted by molar-refractivity contribution is 0.951. The molecule has 0 aliphatic heterocycles. The number of thiophene rings is 1. The van der Waals surface area contributed by atoms with Gasteiger partial charge in [0.25, 0.3) is 0 Å². The number of rotatable bonds is 4. The zero-order chi connectivity index (χ0) is 12.3. The number of nitrogens with one attached hydrogen (secondary N) is 1. The van der Waals surface area contributed by atoms with Crippen molar-refractivity contribution in [2.45, 2.75) is 20.3 Å². The average molecular weight is 268 g/mol. The molecule has 2 rings (SSSR count). The van der Waals surface area contributed by atoms with Crippen LogP contribution in [0.5, 0.6) is 0 Å². The third kappa shape index (κ3) is 2.96. The topological polar surface area (TPSA) is 37.8 Å². The van der Waals surface area contributed by atoms with Gasteiger partial charge in [0.1, 0.15) is 0 Å². The summed E-state index contributed by atoms with van der Waals surface area (Å²) in [4.78, 5) is 9.86. The first kappa shape index (κ1) is 12.3. The fraction of sp³-hybridized carbons (Fsp3) is 0.333. The first-order valence-electron chi connectivity index (χ1n) is 5.54. The van der Waals surface area contributed by atoms with Crippen LogP contribution in [0.1, 0.15) is 18.9 Å². The van der Waals surface area contributed by atoms with Gasteiger partial charge in [-0.1, -0.05) is 18.5 Å². The summed E-state index contributed by atoms with van der Waals surface area (Å²) in [6.07, 6.45) is 2.89. The predicted molar refractivity (Wildman–Crippen MR) is 73.9 cm³/mol. The van der Waals surface area contributed by atoms with Gasteiger partial charge >= 0.3 is 0 Å². The van der Waals surface area contributed by atoms with Gasteiger partial charge in [0.2, 0.25) is 5.95 Å². The average Bonchev–Trinajstić information content (AvgIpc) is 2.75. The number of anilines is 1. The number of aromatic nitrogens is 2. The van der Waals surface area contributed by atoms with Crippen molar-refractivity contribution in [3.63, 3.8) is 0 Å². The smallest absolute Gasteiger partial charge is 0.223 e. The highest BCUT2D eigenvalue weighted by Gasteiger charge is 2.08. The second-order valence-corrected chi connectivity index (χ2v) is 5.47. The van der Waals surface area contributed by atoms with Crippen LogP contribution < -0.4 is 5.32 Å². The maximum absolute atomic E-state index is 5.95. The van der Waals surface area contributed by atoms with Gasteiger partial charge in [-0.05, 0) is 31.0 Å². The largest absolute Gasteiger partial charge is 0.354 e. The summed E-state index contributed by atoms with van der Waals surface area (Å²) in [6, 6.07) is 3.88. The Balaban J connectivity index is 2.32. The molecule has 0 aromatic carbocycles. The molecule has 1 N–H and O–H groups in total. The van der Waals surface area contributed by atoms with E-state index in [0.29, 0.717) is 5.95 Å². The molecule has 2 heterocycles. The van der Waals surface area contributed by atoms with Crippen LogP contribution in [0.2, 0.25) is 4.34 Å². The van der Waals surface area contributed by atoms with Crippen LogP contribution in [0.4, 0.5) is 5.95 Å². The molecule has 90 valence electrons. The molecule has 3 nitrogen and oxygen atoms in total. The Morgan fingerprint density at radius 2 is 2.24 bits per heavy atom. The van der Waals surface area contributed by atoms with Gasteiger partial charge < -0.3 is 5.32 Å². The summed E-state index contributed by atoms with van der Waals surface area (Å²) in [5.74, 6) is 0.678. The molecule has 0 saturated heterocycles. The molecule has 0 unspecified atom stereocenters. The van der Waals surface area contributed by atoms with E-state index >= 15 is 0 Å². The molecule has 0 radical (unpaired) electrons. The summed E-state index contributed by atoms with van der Waals surface area (Å²) >= 11 is 7.48. The molecule has 0 saturated carbocycles. The fourth-order valence-electron chi connectivity index (χ4n) is 1.46. The van der Waals surface area contributed by atoms with Gasteiger partial charge in [-0.2, -0.15) is 0 Å². The van der Waals surface area contributed by atoms with Crippen molar-refractivity contribution in [1.29, 1.82) is 0 Å². The third-order valence-electron chi connectivity index (χ3n) is 2.31. The summed E-state index contributed by atoms with van der Waals surface area (Å²) in [5.41, 5.74) is 2.01. The van der Waals surface area contributed by atoms with Gasteiger partial charge in [0, 0.05) is 12.7 Å². The summed E-state index contributed by atoms with van der Waals surface area (Å²) in [6.45, 7) is 5.00. The molecule has 0 aliphatic carbocycles. The maximum atomic E-state index is 5.95. The molecular formula is C12H14ClN3S. The number of hydrogen-bond donors (Lipinski definition) is 1. The number of nitrogens with zero attached hydrogens (tertiary/aromatic N) is 2. The monoisotopic (exact) mass is 267 g/mol. The normalized spacial score (nSPS) is 10.5. The maximum Gasteiger partial charge on any atom is 0.223 e. The molecule has 0 aliphatic rings. The standard InChI is InChI=1S/C12H14ClN3S/c1-3-6-14-12-15-7-8(2)11(16-12)9-4-5-10(13)17-9/h4-5,7H,3,6H2,1-2H3,(H,14,15,16). The van der Waals surface area contributed by atoms with E-state index in [9.17, 15) is 0 Å². The fourth-order valence-corrected chi connectivity index (χ4v) is 2.55. The highest BCUT2D eigenvalue weighted by atomic mass is 35.5. The van der Waals surface area contributed by atoms with Crippen molar-refractivity contribution in [1.82, 2.24) is 9.97 Å². The zero-order valence-corrected chi connectivity index (χ0v) is 11.4. The van der Waals surface area contributed by atoms with Crippen molar-refractivity contribution in [3.8, 4) is 10.6 Å². The van der Waals surface area contributed by atoms with Gasteiger partial charge in [-0.25, -0.2) is 9.97 Å². The van der Waals surface area contributed by atoms with E-state index in [1.165, 1.54) is 11.3 Å². The molecule has 0 amide bonds. The van der Waals surface area contributed by atoms with Gasteiger partial charge in [0.05, 0.1) is 14.9 Å². The Bertz CT molecular complexity index is 510. The molecule has 2 aromatic heterocycles. The Morgan fingerprint density at radius 3 is 2.88 bits per heavy atom. The highest BCUT2D eigenvalue weighted by Crippen LogP contribution is 2.31. The van der Waals surface area contributed by atoms with Crippen molar-refractivity contribution in [2.75, 3.05) is 11.9 Å². The van der Waals surface area contributed by atoms with Crippen molar-refractivity contribution in [3.05, 3.63) is 28.2 Å². The van der Waals surface area contributed by atoms with Gasteiger partial charge in [-0.3, -0.25) is 0 Å². The number of halogens is 1. The lowest BCUT2D eigenvalue weighted by Gasteiger charge is -2.06. The van der Waals surface area contributed by atoms with E-state index < -0.39 is 0 Å². The lowest BCUT2D eigenvalue weighted by Crippen LogP contribution is -2.05. The molecule has 2 aromatic rings. The van der Waals surface area contributed by atoms with E-state index in [-0.39, 0.29) is 0 Å². The zero-order valence-electron chi connectivity index (χ0n) is 9.83. The Morgan fingerprint density at radius 1 is 1.41 bits per heavy atom. The van der Waals surface area contributed by atoms with Crippen LogP contribution in [-0.4, -0.2) is 16.5 Å². The van der Waals surface area contributed by atoms with E-state index in [1.807, 2.05) is 25.3 Å². The lowest BCUT2D eigenvalue weighted by atomic mass is 10.2. The Kier molecular flexibility index (Phi) is 3.97. The van der Waals surface area contributed by atoms with Crippen LogP contribution in [0.25, 0.3) is 10.6 Å². The van der Waals surface area contributed by atoms with Crippen molar-refractivity contribution < 1.29 is 0 Å². The molecule has 0 spiro atoms. The first-order chi connectivity index (χ1) is 8.20. The first-order valence-corrected chi connectivity index (χ1v) is 6.73. The van der Waals surface area contributed by atoms with E-state index in [1.54, 1.807) is 0 Å². The minimum Gasteiger partial charge on any atom is -0.354 e. The summed E-state index contributed by atoms with van der Waals surface area (Å²) < 4.78 is 0.779. The Labute approximate surface area is 110 Å². The molecule has 17 heavy (non-hydrogen) atoms. The van der Waals surface area contributed by atoms with Crippen LogP contribution in [-0.2, 0) is 0 Å².